The Hall–Kier alpha value is -2.92. The Labute approximate surface area is 225 Å². The largest absolute Gasteiger partial charge is 0.361 e. The number of carbonyl (C=O) groups excluding carboxylic acids is 1. The van der Waals surface area contributed by atoms with Gasteiger partial charge in [-0.3, -0.25) is 13.9 Å². The van der Waals surface area contributed by atoms with Crippen molar-refractivity contribution in [3.8, 4) is 11.1 Å². The molecule has 4 heterocycles. The van der Waals surface area contributed by atoms with E-state index in [-0.39, 0.29) is 17.0 Å². The van der Waals surface area contributed by atoms with Crippen molar-refractivity contribution in [2.24, 2.45) is 0 Å². The van der Waals surface area contributed by atoms with Crippen LogP contribution in [-0.2, 0) is 4.79 Å². The molecule has 2 aromatic heterocycles. The molecule has 11 heteroatoms. The number of imidazole rings is 1. The maximum Gasteiger partial charge on any atom is 0.227 e. The van der Waals surface area contributed by atoms with Gasteiger partial charge in [0.25, 0.3) is 0 Å². The molecule has 2 saturated heterocycles. The van der Waals surface area contributed by atoms with E-state index in [1.165, 1.54) is 12.1 Å². The SMILES string of the molecule is Cc1noc(C)c1-c1ccc2c(c1)nc([C@@H]1CCC(=O)N1c1cc(F)cc(Cl)c1)n2C1CCS(O)(O)CC1. The number of aromatic nitrogens is 3. The van der Waals surface area contributed by atoms with E-state index in [0.717, 1.165) is 33.6 Å². The van der Waals surface area contributed by atoms with Crippen molar-refractivity contribution in [1.82, 2.24) is 14.7 Å². The summed E-state index contributed by atoms with van der Waals surface area (Å²) in [5, 5.41) is 4.30. The number of anilines is 1. The summed E-state index contributed by atoms with van der Waals surface area (Å²) in [4.78, 5) is 19.8. The monoisotopic (exact) mass is 558 g/mol. The second-order valence-electron chi connectivity index (χ2n) is 10.1. The maximum atomic E-state index is 14.3. The zero-order valence-electron chi connectivity index (χ0n) is 21.0. The van der Waals surface area contributed by atoms with Gasteiger partial charge in [0.15, 0.2) is 0 Å². The van der Waals surface area contributed by atoms with E-state index >= 15 is 0 Å². The van der Waals surface area contributed by atoms with Gasteiger partial charge in [0.1, 0.15) is 17.4 Å². The molecule has 2 N–H and O–H groups in total. The molecule has 6 rings (SSSR count). The highest BCUT2D eigenvalue weighted by molar-refractivity contribution is 8.24. The fourth-order valence-corrected chi connectivity index (χ4v) is 7.59. The minimum atomic E-state index is -2.58. The molecule has 0 unspecified atom stereocenters. The number of amides is 1. The van der Waals surface area contributed by atoms with Crippen molar-refractivity contribution in [1.29, 1.82) is 0 Å². The number of nitrogens with zero attached hydrogens (tertiary/aromatic N) is 4. The lowest BCUT2D eigenvalue weighted by molar-refractivity contribution is -0.117. The molecule has 0 aliphatic carbocycles. The number of aryl methyl sites for hydroxylation is 2. The summed E-state index contributed by atoms with van der Waals surface area (Å²) < 4.78 is 42.3. The molecule has 1 amide bonds. The van der Waals surface area contributed by atoms with Gasteiger partial charge in [0.05, 0.1) is 22.8 Å². The third-order valence-electron chi connectivity index (χ3n) is 7.60. The third kappa shape index (κ3) is 4.39. The summed E-state index contributed by atoms with van der Waals surface area (Å²) in [6, 6.07) is 9.72. The number of carbonyl (C=O) groups is 1. The van der Waals surface area contributed by atoms with Gasteiger partial charge in [-0.05, 0) is 69.0 Å². The first kappa shape index (κ1) is 25.4. The topological polar surface area (TPSA) is 105 Å². The Bertz CT molecular complexity index is 1520. The molecule has 200 valence electrons. The summed E-state index contributed by atoms with van der Waals surface area (Å²) in [6.07, 6.45) is 1.99. The summed E-state index contributed by atoms with van der Waals surface area (Å²) in [5.41, 5.74) is 4.69. The number of fused-ring (bicyclic) bond motifs is 1. The summed E-state index contributed by atoms with van der Waals surface area (Å²) in [5.74, 6) is 1.42. The van der Waals surface area contributed by atoms with Gasteiger partial charge >= 0.3 is 0 Å². The highest BCUT2D eigenvalue weighted by Crippen LogP contribution is 2.49. The molecule has 0 spiro atoms. The molecular weight excluding hydrogens is 531 g/mol. The van der Waals surface area contributed by atoms with Gasteiger partial charge in [0, 0.05) is 40.2 Å². The molecule has 2 aliphatic rings. The van der Waals surface area contributed by atoms with Crippen LogP contribution >= 0.6 is 22.2 Å². The standard InChI is InChI=1S/C27H28ClFN4O4S/c1-15-26(16(2)37-31-15)17-3-4-23-22(11-17)30-27(33(23)20-7-9-38(35,36)10-8-20)24-5-6-25(34)32(24)21-13-18(28)12-19(29)14-21/h3-4,11-14,20,24,35-36H,5-10H2,1-2H3/t24-/m0/s1. The summed E-state index contributed by atoms with van der Waals surface area (Å²) in [6.45, 7) is 3.77. The van der Waals surface area contributed by atoms with Crippen LogP contribution in [0.2, 0.25) is 5.02 Å². The van der Waals surface area contributed by atoms with Crippen LogP contribution in [0.15, 0.2) is 40.9 Å². The summed E-state index contributed by atoms with van der Waals surface area (Å²) >= 11 is 6.15. The van der Waals surface area contributed by atoms with Crippen LogP contribution in [0, 0.1) is 19.7 Å². The van der Waals surface area contributed by atoms with E-state index in [4.69, 9.17) is 21.1 Å². The molecule has 8 nitrogen and oxygen atoms in total. The van der Waals surface area contributed by atoms with Gasteiger partial charge in [-0.2, -0.15) is 10.6 Å². The highest BCUT2D eigenvalue weighted by atomic mass is 35.5. The number of rotatable bonds is 4. The van der Waals surface area contributed by atoms with Crippen LogP contribution < -0.4 is 4.90 Å². The molecule has 2 aromatic carbocycles. The van der Waals surface area contributed by atoms with Crippen molar-refractivity contribution in [3.63, 3.8) is 0 Å². The van der Waals surface area contributed by atoms with Crippen LogP contribution in [0.5, 0.6) is 0 Å². The van der Waals surface area contributed by atoms with Crippen molar-refractivity contribution in [3.05, 3.63) is 64.5 Å². The highest BCUT2D eigenvalue weighted by Gasteiger charge is 2.39. The zero-order valence-corrected chi connectivity index (χ0v) is 22.6. The second-order valence-corrected chi connectivity index (χ2v) is 13.0. The van der Waals surface area contributed by atoms with Gasteiger partial charge in [0.2, 0.25) is 5.91 Å². The van der Waals surface area contributed by atoms with Gasteiger partial charge in [-0.15, -0.1) is 0 Å². The van der Waals surface area contributed by atoms with Gasteiger partial charge < -0.3 is 14.0 Å². The predicted octanol–water partition coefficient (Wildman–Crippen LogP) is 7.05. The number of halogens is 2. The summed E-state index contributed by atoms with van der Waals surface area (Å²) in [7, 11) is -2.58. The minimum Gasteiger partial charge on any atom is -0.361 e. The lowest BCUT2D eigenvalue weighted by atomic mass is 10.0. The maximum absolute atomic E-state index is 14.3. The van der Waals surface area contributed by atoms with Crippen LogP contribution in [0.1, 0.15) is 55.0 Å². The Balaban J connectivity index is 1.51. The van der Waals surface area contributed by atoms with Crippen LogP contribution in [0.25, 0.3) is 22.2 Å². The van der Waals surface area contributed by atoms with Gasteiger partial charge in [-0.1, -0.05) is 22.8 Å². The van der Waals surface area contributed by atoms with E-state index in [1.807, 2.05) is 32.0 Å². The Morgan fingerprint density at radius 3 is 2.55 bits per heavy atom. The molecule has 2 fully saturated rings. The van der Waals surface area contributed by atoms with E-state index in [1.54, 1.807) is 11.0 Å². The van der Waals surface area contributed by atoms with E-state index in [9.17, 15) is 18.3 Å². The molecule has 0 radical (unpaired) electrons. The number of hydrogen-bond acceptors (Lipinski definition) is 6. The molecule has 38 heavy (non-hydrogen) atoms. The molecule has 0 bridgehead atoms. The average Bonchev–Trinajstić information content (AvgIpc) is 3.52. The lowest BCUT2D eigenvalue weighted by Gasteiger charge is -2.40. The normalized spacial score (nSPS) is 20.9. The van der Waals surface area contributed by atoms with Crippen molar-refractivity contribution < 1.29 is 22.8 Å². The quantitative estimate of drug-likeness (QED) is 0.278. The van der Waals surface area contributed by atoms with Crippen molar-refractivity contribution in [2.45, 2.75) is 51.6 Å². The molecule has 4 aromatic rings. The van der Waals surface area contributed by atoms with E-state index in [0.29, 0.717) is 48.7 Å². The van der Waals surface area contributed by atoms with Gasteiger partial charge in [-0.25, -0.2) is 9.37 Å². The van der Waals surface area contributed by atoms with Crippen LogP contribution in [0.4, 0.5) is 10.1 Å². The number of benzene rings is 2. The first-order valence-corrected chi connectivity index (χ1v) is 14.8. The third-order valence-corrected chi connectivity index (χ3v) is 9.59. The Morgan fingerprint density at radius 1 is 1.11 bits per heavy atom. The first-order chi connectivity index (χ1) is 18.1. The molecule has 2 aliphatic heterocycles. The molecular formula is C27H28ClFN4O4S. The van der Waals surface area contributed by atoms with E-state index in [2.05, 4.69) is 9.72 Å². The number of hydrogen-bond donors (Lipinski definition) is 2. The Morgan fingerprint density at radius 2 is 1.87 bits per heavy atom. The fourth-order valence-electron chi connectivity index (χ4n) is 5.87. The van der Waals surface area contributed by atoms with Crippen molar-refractivity contribution >= 4 is 44.8 Å². The second kappa shape index (κ2) is 9.37. The Kier molecular flexibility index (Phi) is 6.26. The lowest BCUT2D eigenvalue weighted by Crippen LogP contribution is -2.31. The first-order valence-electron chi connectivity index (χ1n) is 12.6. The van der Waals surface area contributed by atoms with E-state index < -0.39 is 22.4 Å². The molecule has 1 atom stereocenters. The fraction of sp³-hybridized carbons (Fsp3) is 0.370. The minimum absolute atomic E-state index is 0.0199. The van der Waals surface area contributed by atoms with Crippen LogP contribution in [-0.4, -0.2) is 41.2 Å². The molecule has 0 saturated carbocycles. The van der Waals surface area contributed by atoms with Crippen LogP contribution in [0.3, 0.4) is 0 Å². The van der Waals surface area contributed by atoms with Crippen molar-refractivity contribution in [2.75, 3.05) is 16.4 Å². The smallest absolute Gasteiger partial charge is 0.227 e. The average molecular weight is 559 g/mol. The zero-order chi connectivity index (χ0) is 26.8. The predicted molar refractivity (Wildman–Crippen MR) is 146 cm³/mol.